The second kappa shape index (κ2) is 5.59. The van der Waals surface area contributed by atoms with Crippen molar-refractivity contribution in [3.8, 4) is 5.69 Å². The molecular formula is C15H10BrCl2FN2. The summed E-state index contributed by atoms with van der Waals surface area (Å²) in [5, 5.41) is 0.318. The molecule has 0 aliphatic carbocycles. The lowest BCUT2D eigenvalue weighted by Gasteiger charge is -2.11. The van der Waals surface area contributed by atoms with Gasteiger partial charge < -0.3 is 0 Å². The minimum atomic E-state index is -0.318. The summed E-state index contributed by atoms with van der Waals surface area (Å²) in [6, 6.07) is 10.2. The number of benzene rings is 2. The van der Waals surface area contributed by atoms with Crippen LogP contribution in [0.4, 0.5) is 4.39 Å². The molecule has 1 aromatic heterocycles. The minimum absolute atomic E-state index is 0.292. The van der Waals surface area contributed by atoms with Gasteiger partial charge in [-0.2, -0.15) is 0 Å². The average Bonchev–Trinajstić information content (AvgIpc) is 2.80. The van der Waals surface area contributed by atoms with E-state index in [1.807, 2.05) is 23.6 Å². The first-order chi connectivity index (χ1) is 9.97. The fraction of sp³-hybridized carbons (Fsp3) is 0.133. The molecule has 108 valence electrons. The van der Waals surface area contributed by atoms with Gasteiger partial charge in [0, 0.05) is 10.7 Å². The van der Waals surface area contributed by atoms with E-state index in [2.05, 4.69) is 20.9 Å². The lowest BCUT2D eigenvalue weighted by molar-refractivity contribution is 0.620. The molecule has 0 radical (unpaired) electrons. The lowest BCUT2D eigenvalue weighted by atomic mass is 10.2. The van der Waals surface area contributed by atoms with Crippen LogP contribution in [-0.4, -0.2) is 9.55 Å². The summed E-state index contributed by atoms with van der Waals surface area (Å²) in [6.45, 7) is 1.85. The predicted molar refractivity (Wildman–Crippen MR) is 88.0 cm³/mol. The number of alkyl halides is 1. The van der Waals surface area contributed by atoms with Gasteiger partial charge >= 0.3 is 0 Å². The van der Waals surface area contributed by atoms with E-state index in [0.717, 1.165) is 16.7 Å². The van der Waals surface area contributed by atoms with E-state index in [-0.39, 0.29) is 11.2 Å². The van der Waals surface area contributed by atoms with Gasteiger partial charge in [0.25, 0.3) is 0 Å². The monoisotopic (exact) mass is 386 g/mol. The molecule has 0 fully saturated rings. The van der Waals surface area contributed by atoms with E-state index in [1.54, 1.807) is 18.2 Å². The van der Waals surface area contributed by atoms with Crippen LogP contribution in [0.15, 0.2) is 40.9 Å². The molecule has 0 aliphatic heterocycles. The SMILES string of the molecule is CC(Cl)c1nc2ccc(Cl)cc2n1-c1ccc(F)c(Br)c1. The van der Waals surface area contributed by atoms with Crippen molar-refractivity contribution in [1.29, 1.82) is 0 Å². The van der Waals surface area contributed by atoms with Gasteiger partial charge in [-0.1, -0.05) is 11.6 Å². The fourth-order valence-electron chi connectivity index (χ4n) is 2.23. The summed E-state index contributed by atoms with van der Waals surface area (Å²) in [4.78, 5) is 4.55. The quantitative estimate of drug-likeness (QED) is 0.502. The molecule has 0 saturated heterocycles. The Morgan fingerprint density at radius 3 is 2.67 bits per heavy atom. The van der Waals surface area contributed by atoms with E-state index in [0.29, 0.717) is 15.3 Å². The third-order valence-electron chi connectivity index (χ3n) is 3.16. The van der Waals surface area contributed by atoms with Crippen LogP contribution in [0.25, 0.3) is 16.7 Å². The maximum absolute atomic E-state index is 13.5. The molecule has 1 heterocycles. The van der Waals surface area contributed by atoms with Crippen LogP contribution >= 0.6 is 39.1 Å². The predicted octanol–water partition coefficient (Wildman–Crippen LogP) is 5.88. The molecule has 0 bridgehead atoms. The Morgan fingerprint density at radius 2 is 2.00 bits per heavy atom. The summed E-state index contributed by atoms with van der Waals surface area (Å²) in [6.07, 6.45) is 0. The number of aromatic nitrogens is 2. The molecule has 1 atom stereocenters. The fourth-order valence-corrected chi connectivity index (χ4v) is 2.91. The summed E-state index contributed by atoms with van der Waals surface area (Å²) in [5.74, 6) is 0.370. The van der Waals surface area contributed by atoms with Crippen molar-refractivity contribution in [1.82, 2.24) is 9.55 Å². The average molecular weight is 388 g/mol. The summed E-state index contributed by atoms with van der Waals surface area (Å²) < 4.78 is 15.7. The zero-order chi connectivity index (χ0) is 15.1. The number of nitrogens with zero attached hydrogens (tertiary/aromatic N) is 2. The van der Waals surface area contributed by atoms with Gasteiger partial charge in [0.05, 0.1) is 20.9 Å². The maximum atomic E-state index is 13.5. The zero-order valence-electron chi connectivity index (χ0n) is 10.9. The minimum Gasteiger partial charge on any atom is -0.295 e. The molecule has 0 aliphatic rings. The first-order valence-electron chi connectivity index (χ1n) is 6.25. The molecule has 3 aromatic rings. The number of halogens is 4. The first kappa shape index (κ1) is 14.8. The number of hydrogen-bond acceptors (Lipinski definition) is 1. The molecule has 2 aromatic carbocycles. The van der Waals surface area contributed by atoms with Crippen LogP contribution in [0.5, 0.6) is 0 Å². The van der Waals surface area contributed by atoms with Crippen LogP contribution in [0.3, 0.4) is 0 Å². The highest BCUT2D eigenvalue weighted by Gasteiger charge is 2.17. The van der Waals surface area contributed by atoms with E-state index in [1.165, 1.54) is 6.07 Å². The highest BCUT2D eigenvalue weighted by Crippen LogP contribution is 2.31. The van der Waals surface area contributed by atoms with E-state index < -0.39 is 0 Å². The number of imidazole rings is 1. The number of hydrogen-bond donors (Lipinski definition) is 0. The van der Waals surface area contributed by atoms with Crippen molar-refractivity contribution in [2.45, 2.75) is 12.3 Å². The third kappa shape index (κ3) is 2.68. The van der Waals surface area contributed by atoms with Crippen molar-refractivity contribution >= 4 is 50.2 Å². The Balaban J connectivity index is 2.35. The Morgan fingerprint density at radius 1 is 1.24 bits per heavy atom. The van der Waals surface area contributed by atoms with Gasteiger partial charge in [0.2, 0.25) is 0 Å². The van der Waals surface area contributed by atoms with Crippen molar-refractivity contribution < 1.29 is 4.39 Å². The normalized spacial score (nSPS) is 12.8. The Hall–Kier alpha value is -1.10. The second-order valence-corrected chi connectivity index (χ2v) is 6.60. The summed E-state index contributed by atoms with van der Waals surface area (Å²) in [5.41, 5.74) is 2.40. The Bertz CT molecular complexity index is 830. The van der Waals surface area contributed by atoms with Crippen molar-refractivity contribution in [2.24, 2.45) is 0 Å². The smallest absolute Gasteiger partial charge is 0.137 e. The van der Waals surface area contributed by atoms with Crippen molar-refractivity contribution in [2.75, 3.05) is 0 Å². The molecule has 6 heteroatoms. The van der Waals surface area contributed by atoms with Crippen molar-refractivity contribution in [3.63, 3.8) is 0 Å². The van der Waals surface area contributed by atoms with E-state index in [9.17, 15) is 4.39 Å². The highest BCUT2D eigenvalue weighted by atomic mass is 79.9. The largest absolute Gasteiger partial charge is 0.295 e. The van der Waals surface area contributed by atoms with E-state index >= 15 is 0 Å². The van der Waals surface area contributed by atoms with Crippen LogP contribution in [-0.2, 0) is 0 Å². The molecule has 0 amide bonds. The molecule has 0 spiro atoms. The van der Waals surface area contributed by atoms with Gasteiger partial charge in [0.15, 0.2) is 0 Å². The molecule has 2 nitrogen and oxygen atoms in total. The summed E-state index contributed by atoms with van der Waals surface area (Å²) >= 11 is 15.5. The molecular weight excluding hydrogens is 378 g/mol. The van der Waals surface area contributed by atoms with Crippen LogP contribution in [0.1, 0.15) is 18.1 Å². The topological polar surface area (TPSA) is 17.8 Å². The van der Waals surface area contributed by atoms with Gasteiger partial charge in [0.1, 0.15) is 11.6 Å². The molecule has 1 unspecified atom stereocenters. The molecule has 0 saturated carbocycles. The second-order valence-electron chi connectivity index (χ2n) is 4.65. The standard InChI is InChI=1S/C15H10BrCl2FN2/c1-8(17)15-20-13-5-2-9(18)6-14(13)21(15)10-3-4-12(19)11(16)7-10/h2-8H,1H3. The maximum Gasteiger partial charge on any atom is 0.137 e. The summed E-state index contributed by atoms with van der Waals surface area (Å²) in [7, 11) is 0. The number of rotatable bonds is 2. The molecule has 21 heavy (non-hydrogen) atoms. The van der Waals surface area contributed by atoms with Crippen molar-refractivity contribution in [3.05, 3.63) is 57.5 Å². The Labute approximate surface area is 139 Å². The van der Waals surface area contributed by atoms with Gasteiger partial charge in [-0.3, -0.25) is 4.57 Å². The first-order valence-corrected chi connectivity index (χ1v) is 7.85. The third-order valence-corrected chi connectivity index (χ3v) is 4.20. The lowest BCUT2D eigenvalue weighted by Crippen LogP contribution is -2.02. The molecule has 0 N–H and O–H groups in total. The number of fused-ring (bicyclic) bond motifs is 1. The molecule has 3 rings (SSSR count). The van der Waals surface area contributed by atoms with Gasteiger partial charge in [-0.05, 0) is 59.3 Å². The van der Waals surface area contributed by atoms with Crippen LogP contribution < -0.4 is 0 Å². The van der Waals surface area contributed by atoms with E-state index in [4.69, 9.17) is 23.2 Å². The zero-order valence-corrected chi connectivity index (χ0v) is 14.0. The Kier molecular flexibility index (Phi) is 3.95. The highest BCUT2D eigenvalue weighted by molar-refractivity contribution is 9.10. The van der Waals surface area contributed by atoms with Gasteiger partial charge in [-0.15, -0.1) is 11.6 Å². The van der Waals surface area contributed by atoms with Crippen LogP contribution in [0, 0.1) is 5.82 Å². The van der Waals surface area contributed by atoms with Gasteiger partial charge in [-0.25, -0.2) is 9.37 Å². The van der Waals surface area contributed by atoms with Crippen LogP contribution in [0.2, 0.25) is 5.02 Å².